The lowest BCUT2D eigenvalue weighted by atomic mass is 10.0. The number of halogens is 1. The van der Waals surface area contributed by atoms with E-state index in [4.69, 9.17) is 4.74 Å². The Morgan fingerprint density at radius 2 is 1.82 bits per heavy atom. The molecule has 0 spiro atoms. The Morgan fingerprint density at radius 1 is 1.07 bits per heavy atom. The fraction of sp³-hybridized carbons (Fsp3) is 0.273. The van der Waals surface area contributed by atoms with Crippen molar-refractivity contribution < 1.29 is 18.8 Å². The Labute approximate surface area is 163 Å². The number of benzene rings is 2. The number of hydrogen-bond donors (Lipinski definition) is 2. The Hall–Kier alpha value is -2.83. The molecule has 1 aromatic heterocycles. The summed E-state index contributed by atoms with van der Waals surface area (Å²) in [6, 6.07) is 17.9. The molecule has 2 heterocycles. The maximum atomic E-state index is 13.4. The standard InChI is InChI=1S/C22H22FN3O2/c23-18-8-5-17(6-9-18)21(26-11-13-28-14-12-26)15-24-22(27)20-10-7-16-3-1-2-4-19(16)25-20/h1-10,21H,11-15H2,(H,24,27)/p+1/t21-/m1/s1. The molecular weight excluding hydrogens is 357 g/mol. The van der Waals surface area contributed by atoms with Crippen molar-refractivity contribution in [2.24, 2.45) is 0 Å². The molecule has 5 nitrogen and oxygen atoms in total. The molecule has 2 aromatic carbocycles. The van der Waals surface area contributed by atoms with Crippen molar-refractivity contribution in [3.63, 3.8) is 0 Å². The molecule has 0 radical (unpaired) electrons. The summed E-state index contributed by atoms with van der Waals surface area (Å²) in [5, 5.41) is 4.02. The molecule has 1 saturated heterocycles. The predicted molar refractivity (Wildman–Crippen MR) is 105 cm³/mol. The van der Waals surface area contributed by atoms with Gasteiger partial charge in [-0.3, -0.25) is 4.79 Å². The number of carbonyl (C=O) groups is 1. The van der Waals surface area contributed by atoms with E-state index in [9.17, 15) is 9.18 Å². The highest BCUT2D eigenvalue weighted by Crippen LogP contribution is 2.13. The summed E-state index contributed by atoms with van der Waals surface area (Å²) in [5.74, 6) is -0.464. The number of nitrogens with one attached hydrogen (secondary N) is 2. The van der Waals surface area contributed by atoms with Crippen LogP contribution in [0.1, 0.15) is 22.1 Å². The molecule has 1 amide bonds. The van der Waals surface area contributed by atoms with Gasteiger partial charge in [0, 0.05) is 10.9 Å². The van der Waals surface area contributed by atoms with Gasteiger partial charge in [-0.1, -0.05) is 36.4 Å². The first-order valence-corrected chi connectivity index (χ1v) is 9.52. The van der Waals surface area contributed by atoms with Gasteiger partial charge in [0.1, 0.15) is 30.6 Å². The van der Waals surface area contributed by atoms with Crippen molar-refractivity contribution in [1.82, 2.24) is 10.3 Å². The van der Waals surface area contributed by atoms with Crippen molar-refractivity contribution in [3.8, 4) is 0 Å². The monoisotopic (exact) mass is 380 g/mol. The Kier molecular flexibility index (Phi) is 5.60. The van der Waals surface area contributed by atoms with Crippen LogP contribution in [0.25, 0.3) is 10.9 Å². The number of amides is 1. The Balaban J connectivity index is 1.50. The summed E-state index contributed by atoms with van der Waals surface area (Å²) in [7, 11) is 0. The van der Waals surface area contributed by atoms with E-state index in [2.05, 4.69) is 10.3 Å². The molecule has 1 atom stereocenters. The number of fused-ring (bicyclic) bond motifs is 1. The number of rotatable bonds is 5. The fourth-order valence-electron chi connectivity index (χ4n) is 3.65. The van der Waals surface area contributed by atoms with Crippen LogP contribution < -0.4 is 10.2 Å². The SMILES string of the molecule is O=C(NC[C@H](c1ccc(F)cc1)[NH+]1CCOCC1)c1ccc2ccccc2n1. The van der Waals surface area contributed by atoms with Crippen LogP contribution in [-0.2, 0) is 4.74 Å². The molecule has 0 saturated carbocycles. The lowest BCUT2D eigenvalue weighted by Gasteiger charge is -2.32. The van der Waals surface area contributed by atoms with Gasteiger partial charge < -0.3 is 15.0 Å². The van der Waals surface area contributed by atoms with E-state index in [1.54, 1.807) is 18.2 Å². The molecule has 2 N–H and O–H groups in total. The third-order valence-corrected chi connectivity index (χ3v) is 5.20. The van der Waals surface area contributed by atoms with E-state index in [0.29, 0.717) is 25.5 Å². The van der Waals surface area contributed by atoms with Crippen LogP contribution in [-0.4, -0.2) is 43.7 Å². The zero-order chi connectivity index (χ0) is 19.3. The summed E-state index contributed by atoms with van der Waals surface area (Å²) in [6.07, 6.45) is 0. The molecule has 6 heteroatoms. The first kappa shape index (κ1) is 18.5. The summed E-state index contributed by atoms with van der Waals surface area (Å²) >= 11 is 0. The van der Waals surface area contributed by atoms with Crippen LogP contribution in [0.15, 0.2) is 60.7 Å². The van der Waals surface area contributed by atoms with Crippen molar-refractivity contribution in [1.29, 1.82) is 0 Å². The summed E-state index contributed by atoms with van der Waals surface area (Å²) < 4.78 is 18.8. The first-order valence-electron chi connectivity index (χ1n) is 9.52. The second kappa shape index (κ2) is 8.46. The molecule has 0 aliphatic carbocycles. The number of quaternary nitrogens is 1. The van der Waals surface area contributed by atoms with Gasteiger partial charge in [-0.2, -0.15) is 0 Å². The van der Waals surface area contributed by atoms with Crippen molar-refractivity contribution in [2.75, 3.05) is 32.8 Å². The molecule has 4 rings (SSSR count). The number of nitrogens with zero attached hydrogens (tertiary/aromatic N) is 1. The van der Waals surface area contributed by atoms with Crippen LogP contribution in [0.2, 0.25) is 0 Å². The Bertz CT molecular complexity index is 955. The van der Waals surface area contributed by atoms with Crippen molar-refractivity contribution in [2.45, 2.75) is 6.04 Å². The third kappa shape index (κ3) is 4.18. The molecule has 28 heavy (non-hydrogen) atoms. The maximum Gasteiger partial charge on any atom is 0.270 e. The highest BCUT2D eigenvalue weighted by molar-refractivity contribution is 5.94. The van der Waals surface area contributed by atoms with Gasteiger partial charge in [0.05, 0.1) is 25.3 Å². The van der Waals surface area contributed by atoms with Gasteiger partial charge in [-0.25, -0.2) is 9.37 Å². The van der Waals surface area contributed by atoms with E-state index in [-0.39, 0.29) is 17.8 Å². The average Bonchev–Trinajstić information content (AvgIpc) is 2.75. The van der Waals surface area contributed by atoms with E-state index in [1.807, 2.05) is 30.3 Å². The van der Waals surface area contributed by atoms with Gasteiger partial charge in [0.25, 0.3) is 5.91 Å². The number of ether oxygens (including phenoxy) is 1. The lowest BCUT2D eigenvalue weighted by molar-refractivity contribution is -0.937. The minimum absolute atomic E-state index is 0.0360. The van der Waals surface area contributed by atoms with E-state index >= 15 is 0 Å². The number of para-hydroxylation sites is 1. The predicted octanol–water partition coefficient (Wildman–Crippen LogP) is 1.76. The van der Waals surface area contributed by atoms with Crippen molar-refractivity contribution >= 4 is 16.8 Å². The minimum Gasteiger partial charge on any atom is -0.370 e. The molecule has 1 fully saturated rings. The van der Waals surface area contributed by atoms with E-state index in [0.717, 1.165) is 29.6 Å². The van der Waals surface area contributed by atoms with E-state index in [1.165, 1.54) is 17.0 Å². The molecule has 0 unspecified atom stereocenters. The van der Waals surface area contributed by atoms with Gasteiger partial charge in [-0.05, 0) is 24.3 Å². The highest BCUT2D eigenvalue weighted by Gasteiger charge is 2.27. The number of carbonyl (C=O) groups excluding carboxylic acids is 1. The van der Waals surface area contributed by atoms with Crippen LogP contribution in [0.4, 0.5) is 4.39 Å². The molecule has 0 bridgehead atoms. The van der Waals surface area contributed by atoms with Crippen LogP contribution in [0.3, 0.4) is 0 Å². The maximum absolute atomic E-state index is 13.4. The zero-order valence-corrected chi connectivity index (χ0v) is 15.5. The quantitative estimate of drug-likeness (QED) is 0.709. The normalized spacial score (nSPS) is 16.0. The molecule has 3 aromatic rings. The van der Waals surface area contributed by atoms with E-state index < -0.39 is 0 Å². The first-order chi connectivity index (χ1) is 13.7. The third-order valence-electron chi connectivity index (χ3n) is 5.20. The summed E-state index contributed by atoms with van der Waals surface area (Å²) in [4.78, 5) is 18.5. The van der Waals surface area contributed by atoms with Gasteiger partial charge in [-0.15, -0.1) is 0 Å². The second-order valence-electron chi connectivity index (χ2n) is 6.97. The largest absolute Gasteiger partial charge is 0.370 e. The number of aromatic nitrogens is 1. The Morgan fingerprint density at radius 3 is 2.61 bits per heavy atom. The van der Waals surface area contributed by atoms with Crippen molar-refractivity contribution in [3.05, 3.63) is 77.7 Å². The zero-order valence-electron chi connectivity index (χ0n) is 15.5. The summed E-state index contributed by atoms with van der Waals surface area (Å²) in [6.45, 7) is 3.53. The second-order valence-corrected chi connectivity index (χ2v) is 6.97. The fourth-order valence-corrected chi connectivity index (χ4v) is 3.65. The molecular formula is C22H23FN3O2+. The number of morpholine rings is 1. The molecule has 144 valence electrons. The number of pyridine rings is 1. The van der Waals surface area contributed by atoms with Crippen LogP contribution in [0.5, 0.6) is 0 Å². The smallest absolute Gasteiger partial charge is 0.270 e. The average molecular weight is 380 g/mol. The van der Waals surface area contributed by atoms with Crippen LogP contribution in [0, 0.1) is 5.82 Å². The number of hydrogen-bond acceptors (Lipinski definition) is 3. The minimum atomic E-state index is -0.260. The van der Waals surface area contributed by atoms with Gasteiger partial charge in [0.2, 0.25) is 0 Å². The summed E-state index contributed by atoms with van der Waals surface area (Å²) in [5.41, 5.74) is 2.20. The lowest BCUT2D eigenvalue weighted by Crippen LogP contribution is -3.15. The highest BCUT2D eigenvalue weighted by atomic mass is 19.1. The topological polar surface area (TPSA) is 55.7 Å². The van der Waals surface area contributed by atoms with Gasteiger partial charge >= 0.3 is 0 Å². The van der Waals surface area contributed by atoms with Crippen LogP contribution >= 0.6 is 0 Å². The molecule has 1 aliphatic heterocycles. The van der Waals surface area contributed by atoms with Gasteiger partial charge in [0.15, 0.2) is 0 Å². The molecule has 1 aliphatic rings.